The molecular weight excluding hydrogens is 359 g/mol. The number of thioether (sulfide) groups is 1. The normalized spacial score (nSPS) is 16.8. The van der Waals surface area contributed by atoms with Crippen molar-refractivity contribution in [3.05, 3.63) is 59.4 Å². The summed E-state index contributed by atoms with van der Waals surface area (Å²) in [6.07, 6.45) is -0.362. The first-order valence-corrected chi connectivity index (χ1v) is 9.87. The summed E-state index contributed by atoms with van der Waals surface area (Å²) in [6.45, 7) is 4.16. The fraction of sp³-hybridized carbons (Fsp3) is 0.368. The molecule has 1 heterocycles. The largest absolute Gasteiger partial charge is 0.386 e. The topological polar surface area (TPSA) is 27.9 Å². The molecule has 0 aliphatic carbocycles. The second-order valence-corrected chi connectivity index (χ2v) is 7.84. The lowest BCUT2D eigenvalue weighted by molar-refractivity contribution is -0.903. The van der Waals surface area contributed by atoms with Gasteiger partial charge in [0.1, 0.15) is 18.5 Å². The molecule has 2 N–H and O–H groups in total. The van der Waals surface area contributed by atoms with Gasteiger partial charge in [-0.05, 0) is 30.3 Å². The molecule has 1 saturated heterocycles. The van der Waals surface area contributed by atoms with E-state index in [4.69, 9.17) is 11.6 Å². The predicted octanol–water partition coefficient (Wildman–Crippen LogP) is 2.34. The molecule has 2 aromatic rings. The summed E-state index contributed by atoms with van der Waals surface area (Å²) in [4.78, 5) is 4.53. The minimum atomic E-state index is -0.362. The number of nitrogens with zero attached hydrogens (tertiary/aromatic N) is 1. The van der Waals surface area contributed by atoms with E-state index < -0.39 is 0 Å². The molecule has 1 aliphatic heterocycles. The molecule has 0 bridgehead atoms. The smallest absolute Gasteiger partial charge is 0.146 e. The van der Waals surface area contributed by atoms with Gasteiger partial charge in [0.05, 0.1) is 31.9 Å². The highest BCUT2D eigenvalue weighted by Gasteiger charge is 2.23. The van der Waals surface area contributed by atoms with Gasteiger partial charge in [-0.3, -0.25) is 0 Å². The number of aliphatic hydroxyl groups excluding tert-OH is 1. The first-order valence-electron chi connectivity index (χ1n) is 8.51. The molecule has 0 spiro atoms. The monoisotopic (exact) mass is 381 g/mol. The quantitative estimate of drug-likeness (QED) is 0.752. The van der Waals surface area contributed by atoms with Gasteiger partial charge in [0.15, 0.2) is 0 Å². The molecule has 25 heavy (non-hydrogen) atoms. The number of quaternary nitrogens is 1. The summed E-state index contributed by atoms with van der Waals surface area (Å²) < 4.78 is 13.9. The second-order valence-electron chi connectivity index (χ2n) is 6.31. The number of halogens is 2. The van der Waals surface area contributed by atoms with E-state index in [9.17, 15) is 9.50 Å². The van der Waals surface area contributed by atoms with Gasteiger partial charge < -0.3 is 14.9 Å². The van der Waals surface area contributed by atoms with E-state index in [2.05, 4.69) is 4.90 Å². The van der Waals surface area contributed by atoms with Gasteiger partial charge in [0.2, 0.25) is 0 Å². The number of piperazine rings is 1. The van der Waals surface area contributed by atoms with Gasteiger partial charge in [-0.1, -0.05) is 29.8 Å². The number of hydrogen-bond acceptors (Lipinski definition) is 3. The molecule has 3 nitrogen and oxygen atoms in total. The first-order chi connectivity index (χ1) is 12.1. The summed E-state index contributed by atoms with van der Waals surface area (Å²) in [5, 5.41) is 11.0. The zero-order chi connectivity index (χ0) is 17.6. The Bertz CT molecular complexity index is 695. The molecule has 1 atom stereocenters. The van der Waals surface area contributed by atoms with Crippen molar-refractivity contribution in [1.82, 2.24) is 0 Å². The van der Waals surface area contributed by atoms with Crippen LogP contribution in [0.1, 0.15) is 0 Å². The van der Waals surface area contributed by atoms with Crippen LogP contribution < -0.4 is 9.80 Å². The van der Waals surface area contributed by atoms with Crippen LogP contribution in [0.5, 0.6) is 0 Å². The van der Waals surface area contributed by atoms with Crippen molar-refractivity contribution in [2.45, 2.75) is 11.0 Å². The predicted molar refractivity (Wildman–Crippen MR) is 102 cm³/mol. The van der Waals surface area contributed by atoms with E-state index in [0.717, 1.165) is 42.6 Å². The maximum absolute atomic E-state index is 13.9. The summed E-state index contributed by atoms with van der Waals surface area (Å²) in [6, 6.07) is 14.6. The Balaban J connectivity index is 1.43. The van der Waals surface area contributed by atoms with Gasteiger partial charge >= 0.3 is 0 Å². The Morgan fingerprint density at radius 1 is 1.16 bits per heavy atom. The highest BCUT2D eigenvalue weighted by Crippen LogP contribution is 2.22. The molecule has 2 aromatic carbocycles. The number of anilines is 1. The second kappa shape index (κ2) is 8.90. The highest BCUT2D eigenvalue weighted by atomic mass is 35.5. The SMILES string of the molecule is O[C@H](CSc1cccc(Cl)c1)C[NH+]1CCN(c2ccccc2F)CC1. The molecule has 1 aliphatic rings. The van der Waals surface area contributed by atoms with Crippen LogP contribution in [0.3, 0.4) is 0 Å². The van der Waals surface area contributed by atoms with Crippen LogP contribution in [0.15, 0.2) is 53.4 Å². The maximum atomic E-state index is 13.9. The molecule has 6 heteroatoms. The van der Waals surface area contributed by atoms with Crippen molar-refractivity contribution in [2.75, 3.05) is 43.4 Å². The zero-order valence-electron chi connectivity index (χ0n) is 14.0. The Labute approximate surface area is 157 Å². The van der Waals surface area contributed by atoms with Gasteiger partial charge in [0.25, 0.3) is 0 Å². The minimum absolute atomic E-state index is 0.163. The lowest BCUT2D eigenvalue weighted by Crippen LogP contribution is -3.16. The molecule has 3 rings (SSSR count). The van der Waals surface area contributed by atoms with Crippen LogP contribution in [0.25, 0.3) is 0 Å². The van der Waals surface area contributed by atoms with E-state index in [1.54, 1.807) is 17.8 Å². The number of hydrogen-bond donors (Lipinski definition) is 2. The number of para-hydroxylation sites is 1. The summed E-state index contributed by atoms with van der Waals surface area (Å²) in [5.74, 6) is 0.491. The lowest BCUT2D eigenvalue weighted by atomic mass is 10.2. The third-order valence-corrected chi connectivity index (χ3v) is 5.80. The van der Waals surface area contributed by atoms with Gasteiger partial charge in [-0.15, -0.1) is 11.8 Å². The van der Waals surface area contributed by atoms with Crippen LogP contribution >= 0.6 is 23.4 Å². The third-order valence-electron chi connectivity index (χ3n) is 4.43. The fourth-order valence-electron chi connectivity index (χ4n) is 3.12. The summed E-state index contributed by atoms with van der Waals surface area (Å²) >= 11 is 7.60. The number of benzene rings is 2. The number of rotatable bonds is 6. The lowest BCUT2D eigenvalue weighted by Gasteiger charge is -2.34. The summed E-state index contributed by atoms with van der Waals surface area (Å²) in [7, 11) is 0. The van der Waals surface area contributed by atoms with Gasteiger partial charge in [-0.2, -0.15) is 0 Å². The first kappa shape index (κ1) is 18.5. The van der Waals surface area contributed by atoms with Crippen LogP contribution in [-0.2, 0) is 0 Å². The average Bonchev–Trinajstić information content (AvgIpc) is 2.61. The molecule has 1 fully saturated rings. The molecule has 0 aromatic heterocycles. The van der Waals surface area contributed by atoms with Crippen LogP contribution in [-0.4, -0.2) is 49.7 Å². The molecule has 0 saturated carbocycles. The standard InChI is InChI=1S/C19H22ClFN2OS/c20-15-4-3-5-17(12-15)25-14-16(24)13-22-8-10-23(11-9-22)19-7-2-1-6-18(19)21/h1-7,12,16,24H,8-11,13-14H2/p+1/t16-/m0/s1. The molecule has 0 amide bonds. The van der Waals surface area contributed by atoms with E-state index in [0.29, 0.717) is 11.4 Å². The van der Waals surface area contributed by atoms with E-state index in [1.165, 1.54) is 11.0 Å². The van der Waals surface area contributed by atoms with Gasteiger partial charge in [-0.25, -0.2) is 4.39 Å². The highest BCUT2D eigenvalue weighted by molar-refractivity contribution is 7.99. The van der Waals surface area contributed by atoms with Crippen molar-refractivity contribution < 1.29 is 14.4 Å². The Morgan fingerprint density at radius 3 is 2.64 bits per heavy atom. The van der Waals surface area contributed by atoms with Crippen molar-refractivity contribution in [1.29, 1.82) is 0 Å². The Hall–Kier alpha value is -1.27. The Kier molecular flexibility index (Phi) is 6.59. The van der Waals surface area contributed by atoms with Crippen LogP contribution in [0.2, 0.25) is 5.02 Å². The minimum Gasteiger partial charge on any atom is -0.386 e. The summed E-state index contributed by atoms with van der Waals surface area (Å²) in [5.41, 5.74) is 0.679. The zero-order valence-corrected chi connectivity index (χ0v) is 15.6. The van der Waals surface area contributed by atoms with Crippen LogP contribution in [0.4, 0.5) is 10.1 Å². The third kappa shape index (κ3) is 5.35. The Morgan fingerprint density at radius 2 is 1.92 bits per heavy atom. The molecule has 0 radical (unpaired) electrons. The van der Waals surface area contributed by atoms with Crippen molar-refractivity contribution in [3.63, 3.8) is 0 Å². The van der Waals surface area contributed by atoms with Crippen LogP contribution in [0, 0.1) is 5.82 Å². The average molecular weight is 382 g/mol. The van der Waals surface area contributed by atoms with Crippen molar-refractivity contribution in [3.8, 4) is 0 Å². The molecule has 0 unspecified atom stereocenters. The molecule has 134 valence electrons. The van der Waals surface area contributed by atoms with Crippen molar-refractivity contribution >= 4 is 29.1 Å². The number of nitrogens with one attached hydrogen (secondary N) is 1. The van der Waals surface area contributed by atoms with Gasteiger partial charge in [0, 0.05) is 15.7 Å². The fourth-order valence-corrected chi connectivity index (χ4v) is 4.26. The van der Waals surface area contributed by atoms with E-state index >= 15 is 0 Å². The van der Waals surface area contributed by atoms with E-state index in [-0.39, 0.29) is 11.9 Å². The van der Waals surface area contributed by atoms with Crippen molar-refractivity contribution in [2.24, 2.45) is 0 Å². The molecular formula is C19H23ClFN2OS+. The van der Waals surface area contributed by atoms with E-state index in [1.807, 2.05) is 36.4 Å². The number of aliphatic hydroxyl groups is 1. The maximum Gasteiger partial charge on any atom is 0.146 e.